The fraction of sp³-hybridized carbons (Fsp3) is 0.231. The number of rotatable bonds is 4. The molecule has 0 unspecified atom stereocenters. The number of hydrogen-bond acceptors (Lipinski definition) is 3. The van der Waals surface area contributed by atoms with E-state index in [1.807, 2.05) is 17.5 Å². The number of aromatic nitrogens is 1. The summed E-state index contributed by atoms with van der Waals surface area (Å²) in [7, 11) is 0. The second-order valence-electron chi connectivity index (χ2n) is 3.92. The van der Waals surface area contributed by atoms with Gasteiger partial charge < -0.3 is 0 Å². The Balaban J connectivity index is 2.08. The van der Waals surface area contributed by atoms with Gasteiger partial charge in [0.05, 0.1) is 10.7 Å². The van der Waals surface area contributed by atoms with Crippen molar-refractivity contribution in [2.45, 2.75) is 19.8 Å². The number of carbonyl (C=O) groups is 1. The minimum atomic E-state index is 0.157. The van der Waals surface area contributed by atoms with E-state index >= 15 is 0 Å². The van der Waals surface area contributed by atoms with Crippen molar-refractivity contribution in [3.8, 4) is 0 Å². The summed E-state index contributed by atoms with van der Waals surface area (Å²) in [5.41, 5.74) is 2.11. The molecule has 1 aromatic heterocycles. The normalized spacial score (nSPS) is 10.5. The maximum absolute atomic E-state index is 11.0. The number of thiazole rings is 1. The zero-order valence-corrected chi connectivity index (χ0v) is 11.8. The van der Waals surface area contributed by atoms with Crippen molar-refractivity contribution in [1.82, 2.24) is 4.98 Å². The van der Waals surface area contributed by atoms with Gasteiger partial charge in [0.1, 0.15) is 5.78 Å². The summed E-state index contributed by atoms with van der Waals surface area (Å²) in [6.45, 7) is 1.59. The standard InChI is InChI=1S/C13H12BrNOS/c1-9(16)5-12-8-17-13(15-12)7-10-3-2-4-11(14)6-10/h2-4,6,8H,5,7H2,1H3. The van der Waals surface area contributed by atoms with Crippen molar-refractivity contribution in [2.24, 2.45) is 0 Å². The maximum atomic E-state index is 11.0. The Morgan fingerprint density at radius 2 is 2.29 bits per heavy atom. The zero-order valence-electron chi connectivity index (χ0n) is 9.44. The molecule has 0 aliphatic heterocycles. The van der Waals surface area contributed by atoms with Gasteiger partial charge in [0.15, 0.2) is 0 Å². The molecular weight excluding hydrogens is 298 g/mol. The Morgan fingerprint density at radius 3 is 3.00 bits per heavy atom. The third-order valence-electron chi connectivity index (χ3n) is 2.27. The van der Waals surface area contributed by atoms with Gasteiger partial charge >= 0.3 is 0 Å². The quantitative estimate of drug-likeness (QED) is 0.863. The summed E-state index contributed by atoms with van der Waals surface area (Å²) in [6, 6.07) is 8.19. The average Bonchev–Trinajstić information content (AvgIpc) is 2.64. The Kier molecular flexibility index (Phi) is 4.07. The molecule has 4 heteroatoms. The molecule has 2 rings (SSSR count). The monoisotopic (exact) mass is 309 g/mol. The fourth-order valence-corrected chi connectivity index (χ4v) is 2.86. The van der Waals surface area contributed by atoms with Crippen LogP contribution in [0.3, 0.4) is 0 Å². The molecule has 2 aromatic rings. The van der Waals surface area contributed by atoms with Crippen LogP contribution in [0.4, 0.5) is 0 Å². The van der Waals surface area contributed by atoms with Crippen LogP contribution in [0.15, 0.2) is 34.1 Å². The number of hydrogen-bond donors (Lipinski definition) is 0. The molecule has 0 saturated heterocycles. The molecule has 2 nitrogen and oxygen atoms in total. The predicted octanol–water partition coefficient (Wildman–Crippen LogP) is 3.63. The van der Waals surface area contributed by atoms with Crippen molar-refractivity contribution < 1.29 is 4.79 Å². The lowest BCUT2D eigenvalue weighted by Crippen LogP contribution is -1.97. The lowest BCUT2D eigenvalue weighted by molar-refractivity contribution is -0.116. The molecule has 0 N–H and O–H groups in total. The van der Waals surface area contributed by atoms with Crippen LogP contribution in [-0.4, -0.2) is 10.8 Å². The van der Waals surface area contributed by atoms with E-state index in [1.165, 1.54) is 5.56 Å². The lowest BCUT2D eigenvalue weighted by atomic mass is 10.2. The van der Waals surface area contributed by atoms with Gasteiger partial charge in [0.2, 0.25) is 0 Å². The second-order valence-corrected chi connectivity index (χ2v) is 5.78. The molecule has 1 heterocycles. The molecule has 0 amide bonds. The minimum absolute atomic E-state index is 0.157. The van der Waals surface area contributed by atoms with Crippen LogP contribution in [0.2, 0.25) is 0 Å². The van der Waals surface area contributed by atoms with E-state index in [0.29, 0.717) is 6.42 Å². The van der Waals surface area contributed by atoms with Crippen molar-refractivity contribution in [2.75, 3.05) is 0 Å². The minimum Gasteiger partial charge on any atom is -0.300 e. The summed E-state index contributed by atoms with van der Waals surface area (Å²) in [6.07, 6.45) is 1.26. The lowest BCUT2D eigenvalue weighted by Gasteiger charge is -1.98. The van der Waals surface area contributed by atoms with Gasteiger partial charge in [0.25, 0.3) is 0 Å². The van der Waals surface area contributed by atoms with E-state index in [-0.39, 0.29) is 5.78 Å². The Hall–Kier alpha value is -1.00. The van der Waals surface area contributed by atoms with E-state index in [1.54, 1.807) is 18.3 Å². The molecule has 88 valence electrons. The Bertz CT molecular complexity index is 536. The molecule has 17 heavy (non-hydrogen) atoms. The molecule has 0 aliphatic carbocycles. The first-order chi connectivity index (χ1) is 8.13. The highest BCUT2D eigenvalue weighted by Gasteiger charge is 2.05. The highest BCUT2D eigenvalue weighted by molar-refractivity contribution is 9.10. The summed E-state index contributed by atoms with van der Waals surface area (Å²) in [5.74, 6) is 0.157. The first-order valence-electron chi connectivity index (χ1n) is 5.30. The third-order valence-corrected chi connectivity index (χ3v) is 3.66. The van der Waals surface area contributed by atoms with E-state index in [0.717, 1.165) is 21.6 Å². The number of Topliss-reactive ketones (excluding diaryl/α,β-unsaturated/α-hetero) is 1. The molecule has 0 aliphatic rings. The third kappa shape index (κ3) is 3.75. The van der Waals surface area contributed by atoms with Crippen molar-refractivity contribution >= 4 is 33.0 Å². The fourth-order valence-electron chi connectivity index (χ4n) is 1.59. The van der Waals surface area contributed by atoms with E-state index in [4.69, 9.17) is 0 Å². The van der Waals surface area contributed by atoms with E-state index < -0.39 is 0 Å². The van der Waals surface area contributed by atoms with Gasteiger partial charge in [-0.3, -0.25) is 4.79 Å². The first kappa shape index (κ1) is 12.5. The van der Waals surface area contributed by atoms with Crippen LogP contribution in [-0.2, 0) is 17.6 Å². The summed E-state index contributed by atoms with van der Waals surface area (Å²) < 4.78 is 1.08. The second kappa shape index (κ2) is 5.56. The SMILES string of the molecule is CC(=O)Cc1csc(Cc2cccc(Br)c2)n1. The smallest absolute Gasteiger partial charge is 0.135 e. The van der Waals surface area contributed by atoms with Crippen LogP contribution in [0.25, 0.3) is 0 Å². The predicted molar refractivity (Wildman–Crippen MR) is 73.4 cm³/mol. The van der Waals surface area contributed by atoms with Crippen LogP contribution < -0.4 is 0 Å². The molecular formula is C13H12BrNOS. The van der Waals surface area contributed by atoms with Gasteiger partial charge in [-0.2, -0.15) is 0 Å². The number of halogens is 1. The molecule has 0 spiro atoms. The molecule has 0 atom stereocenters. The van der Waals surface area contributed by atoms with Crippen LogP contribution >= 0.6 is 27.3 Å². The van der Waals surface area contributed by atoms with Gasteiger partial charge in [-0.25, -0.2) is 4.98 Å². The Morgan fingerprint density at radius 1 is 1.47 bits per heavy atom. The summed E-state index contributed by atoms with van der Waals surface area (Å²) in [5, 5.41) is 3.02. The summed E-state index contributed by atoms with van der Waals surface area (Å²) in [4.78, 5) is 15.4. The largest absolute Gasteiger partial charge is 0.300 e. The topological polar surface area (TPSA) is 30.0 Å². The maximum Gasteiger partial charge on any atom is 0.135 e. The molecule has 0 saturated carbocycles. The van der Waals surface area contributed by atoms with Crippen molar-refractivity contribution in [3.63, 3.8) is 0 Å². The number of carbonyl (C=O) groups excluding carboxylic acids is 1. The van der Waals surface area contributed by atoms with Gasteiger partial charge in [-0.05, 0) is 24.6 Å². The molecule has 0 radical (unpaired) electrons. The highest BCUT2D eigenvalue weighted by atomic mass is 79.9. The van der Waals surface area contributed by atoms with E-state index in [9.17, 15) is 4.79 Å². The van der Waals surface area contributed by atoms with Crippen LogP contribution in [0, 0.1) is 0 Å². The van der Waals surface area contributed by atoms with Crippen LogP contribution in [0.1, 0.15) is 23.2 Å². The van der Waals surface area contributed by atoms with Gasteiger partial charge in [-0.1, -0.05) is 28.1 Å². The average molecular weight is 310 g/mol. The van der Waals surface area contributed by atoms with Gasteiger partial charge in [-0.15, -0.1) is 11.3 Å². The van der Waals surface area contributed by atoms with Gasteiger partial charge in [0, 0.05) is 22.7 Å². The number of nitrogens with zero attached hydrogens (tertiary/aromatic N) is 1. The Labute approximate surface area is 113 Å². The molecule has 0 fully saturated rings. The van der Waals surface area contributed by atoms with Crippen molar-refractivity contribution in [1.29, 1.82) is 0 Å². The van der Waals surface area contributed by atoms with E-state index in [2.05, 4.69) is 33.0 Å². The molecule has 0 bridgehead atoms. The first-order valence-corrected chi connectivity index (χ1v) is 6.98. The number of ketones is 1. The van der Waals surface area contributed by atoms with Crippen molar-refractivity contribution in [3.05, 3.63) is 50.4 Å². The zero-order chi connectivity index (χ0) is 12.3. The summed E-state index contributed by atoms with van der Waals surface area (Å²) >= 11 is 5.07. The molecule has 1 aromatic carbocycles. The van der Waals surface area contributed by atoms with Crippen LogP contribution in [0.5, 0.6) is 0 Å². The highest BCUT2D eigenvalue weighted by Crippen LogP contribution is 2.18. The number of benzene rings is 1.